The van der Waals surface area contributed by atoms with Gasteiger partial charge in [-0.05, 0) is 95.6 Å². The van der Waals surface area contributed by atoms with Crippen LogP contribution in [0.25, 0.3) is 103 Å². The SMILES string of the molecule is c1ccc(C2N=C(c3ccc4c(c3)oc3ccccc34)N=C(c3cccc4oc5ccc(-c6ccc7c(c6)c6cc8sc9ccccc9c8cc6n7-c6ccccc6)cc5c34)N2)cc1. The fourth-order valence-corrected chi connectivity index (χ4v) is 11.0. The molecule has 1 aliphatic rings. The fraction of sp³-hybridized carbons (Fsp3) is 0.0175. The molecule has 14 rings (SSSR count). The molecule has 0 spiro atoms. The van der Waals surface area contributed by atoms with Gasteiger partial charge in [-0.15, -0.1) is 11.3 Å². The van der Waals surface area contributed by atoms with Crippen LogP contribution in [-0.2, 0) is 0 Å². The Kier molecular flexibility index (Phi) is 7.52. The Hall–Kier alpha value is -8.26. The predicted octanol–water partition coefficient (Wildman–Crippen LogP) is 15.1. The number of para-hydroxylation sites is 2. The Balaban J connectivity index is 0.929. The third kappa shape index (κ3) is 5.38. The van der Waals surface area contributed by atoms with Gasteiger partial charge < -0.3 is 18.7 Å². The van der Waals surface area contributed by atoms with Crippen molar-refractivity contribution in [1.29, 1.82) is 0 Å². The first kappa shape index (κ1) is 35.3. The number of thiophene rings is 1. The van der Waals surface area contributed by atoms with E-state index < -0.39 is 0 Å². The summed E-state index contributed by atoms with van der Waals surface area (Å²) in [6, 6.07) is 68.6. The number of benzene rings is 9. The van der Waals surface area contributed by atoms with E-state index in [1.54, 1.807) is 0 Å². The molecule has 64 heavy (non-hydrogen) atoms. The first-order chi connectivity index (χ1) is 31.7. The highest BCUT2D eigenvalue weighted by Gasteiger charge is 2.25. The fourth-order valence-electron chi connectivity index (χ4n) is 9.86. The number of fused-ring (bicyclic) bond motifs is 12. The highest BCUT2D eigenvalue weighted by molar-refractivity contribution is 7.25. The molecule has 1 aliphatic heterocycles. The first-order valence-electron chi connectivity index (χ1n) is 21.5. The topological polar surface area (TPSA) is 68.0 Å². The Morgan fingerprint density at radius 2 is 1.14 bits per heavy atom. The van der Waals surface area contributed by atoms with Crippen molar-refractivity contribution < 1.29 is 8.83 Å². The number of hydrogen-bond donors (Lipinski definition) is 1. The van der Waals surface area contributed by atoms with Crippen LogP contribution >= 0.6 is 11.3 Å². The Bertz CT molecular complexity index is 4120. The normalized spacial score (nSPS) is 14.4. The summed E-state index contributed by atoms with van der Waals surface area (Å²) < 4.78 is 17.9. The van der Waals surface area contributed by atoms with E-state index in [2.05, 4.69) is 155 Å². The monoisotopic (exact) mass is 838 g/mol. The first-order valence-corrected chi connectivity index (χ1v) is 22.3. The van der Waals surface area contributed by atoms with E-state index in [9.17, 15) is 0 Å². The maximum atomic E-state index is 6.59. The molecule has 7 heteroatoms. The number of nitrogens with one attached hydrogen (secondary N) is 1. The third-order valence-corrected chi connectivity index (χ3v) is 14.0. The van der Waals surface area contributed by atoms with Crippen molar-refractivity contribution in [2.24, 2.45) is 9.98 Å². The van der Waals surface area contributed by atoms with Crippen molar-refractivity contribution in [1.82, 2.24) is 9.88 Å². The lowest BCUT2D eigenvalue weighted by Gasteiger charge is -2.24. The van der Waals surface area contributed by atoms with E-state index in [0.717, 1.165) is 83.2 Å². The minimum atomic E-state index is -0.363. The molecule has 6 nitrogen and oxygen atoms in total. The second kappa shape index (κ2) is 13.6. The van der Waals surface area contributed by atoms with Gasteiger partial charge in [-0.2, -0.15) is 0 Å². The molecule has 13 aromatic rings. The molecule has 0 amide bonds. The van der Waals surface area contributed by atoms with E-state index in [0.29, 0.717) is 5.84 Å². The Morgan fingerprint density at radius 1 is 0.453 bits per heavy atom. The summed E-state index contributed by atoms with van der Waals surface area (Å²) in [6.07, 6.45) is -0.363. The van der Waals surface area contributed by atoms with Crippen molar-refractivity contribution in [3.05, 3.63) is 211 Å². The molecule has 0 saturated heterocycles. The molecule has 0 saturated carbocycles. The van der Waals surface area contributed by atoms with Crippen molar-refractivity contribution in [2.45, 2.75) is 6.17 Å². The number of nitrogens with zero attached hydrogens (tertiary/aromatic N) is 3. The van der Waals surface area contributed by atoms with Gasteiger partial charge in [0.15, 0.2) is 5.84 Å². The van der Waals surface area contributed by atoms with Gasteiger partial charge in [0.25, 0.3) is 0 Å². The van der Waals surface area contributed by atoms with Crippen molar-refractivity contribution in [3.63, 3.8) is 0 Å². The number of rotatable bonds is 5. The van der Waals surface area contributed by atoms with Crippen LogP contribution in [-0.4, -0.2) is 16.2 Å². The van der Waals surface area contributed by atoms with Crippen LogP contribution in [0.4, 0.5) is 0 Å². The molecule has 300 valence electrons. The lowest BCUT2D eigenvalue weighted by molar-refractivity contribution is 0.667. The molecule has 1 unspecified atom stereocenters. The summed E-state index contributed by atoms with van der Waals surface area (Å²) in [5, 5.41) is 12.9. The van der Waals surface area contributed by atoms with Crippen LogP contribution in [0.1, 0.15) is 22.9 Å². The molecule has 9 aromatic carbocycles. The minimum Gasteiger partial charge on any atom is -0.456 e. The van der Waals surface area contributed by atoms with Gasteiger partial charge in [-0.25, -0.2) is 9.98 Å². The maximum absolute atomic E-state index is 6.59. The summed E-state index contributed by atoms with van der Waals surface area (Å²) in [7, 11) is 0. The van der Waals surface area contributed by atoms with Crippen LogP contribution in [0.15, 0.2) is 213 Å². The van der Waals surface area contributed by atoms with E-state index >= 15 is 0 Å². The van der Waals surface area contributed by atoms with Gasteiger partial charge in [-0.1, -0.05) is 115 Å². The molecule has 0 fully saturated rings. The van der Waals surface area contributed by atoms with Gasteiger partial charge >= 0.3 is 0 Å². The van der Waals surface area contributed by atoms with Crippen molar-refractivity contribution >= 4 is 109 Å². The zero-order valence-electron chi connectivity index (χ0n) is 34.1. The molecule has 0 radical (unpaired) electrons. The Morgan fingerprint density at radius 3 is 2.03 bits per heavy atom. The maximum Gasteiger partial charge on any atom is 0.159 e. The highest BCUT2D eigenvalue weighted by atomic mass is 32.1. The van der Waals surface area contributed by atoms with Gasteiger partial charge in [-0.3, -0.25) is 0 Å². The second-order valence-electron chi connectivity index (χ2n) is 16.5. The Labute approximate surface area is 369 Å². The van der Waals surface area contributed by atoms with E-state index in [1.807, 2.05) is 59.9 Å². The summed E-state index contributed by atoms with van der Waals surface area (Å²) in [4.78, 5) is 10.5. The standard InChI is InChI=1S/C57H34N4O2S/c1-3-12-33(13-4-1)55-58-56(36-22-25-39-38-16-7-9-19-48(38)63-51(39)30-36)60-57(59-55)41-18-11-20-50-54(41)45-29-35(24-27-49(45)62-50)34-23-26-46-42(28-34)43-32-53-44(40-17-8-10-21-52(40)64-53)31-47(43)61(46)37-14-5-2-6-15-37/h1-32,55H,(H,58,59,60). The zero-order chi connectivity index (χ0) is 41.9. The summed E-state index contributed by atoms with van der Waals surface area (Å²) in [5.74, 6) is 1.36. The number of hydrogen-bond acceptors (Lipinski definition) is 6. The number of furan rings is 2. The molecule has 5 heterocycles. The van der Waals surface area contributed by atoms with Crippen LogP contribution in [0.5, 0.6) is 0 Å². The largest absolute Gasteiger partial charge is 0.456 e. The molecule has 4 aromatic heterocycles. The van der Waals surface area contributed by atoms with E-state index in [1.165, 1.54) is 42.0 Å². The summed E-state index contributed by atoms with van der Waals surface area (Å²) >= 11 is 1.86. The lowest BCUT2D eigenvalue weighted by atomic mass is 9.98. The molecular weight excluding hydrogens is 805 g/mol. The molecule has 0 aliphatic carbocycles. The van der Waals surface area contributed by atoms with Crippen LogP contribution in [0, 0.1) is 0 Å². The number of aromatic nitrogens is 1. The van der Waals surface area contributed by atoms with E-state index in [-0.39, 0.29) is 6.17 Å². The van der Waals surface area contributed by atoms with Gasteiger partial charge in [0.1, 0.15) is 34.3 Å². The highest BCUT2D eigenvalue weighted by Crippen LogP contribution is 2.43. The molecule has 1 atom stereocenters. The molecule has 0 bridgehead atoms. The lowest BCUT2D eigenvalue weighted by Crippen LogP contribution is -2.33. The van der Waals surface area contributed by atoms with Crippen molar-refractivity contribution in [2.75, 3.05) is 0 Å². The third-order valence-electron chi connectivity index (χ3n) is 12.9. The summed E-state index contributed by atoms with van der Waals surface area (Å²) in [6.45, 7) is 0. The second-order valence-corrected chi connectivity index (χ2v) is 17.6. The predicted molar refractivity (Wildman–Crippen MR) is 265 cm³/mol. The molecule has 1 N–H and O–H groups in total. The van der Waals surface area contributed by atoms with Crippen LogP contribution < -0.4 is 5.32 Å². The smallest absolute Gasteiger partial charge is 0.159 e. The number of aliphatic imine (C=N–C) groups is 2. The van der Waals surface area contributed by atoms with Crippen LogP contribution in [0.2, 0.25) is 0 Å². The quantitative estimate of drug-likeness (QED) is 0.188. The average Bonchev–Trinajstić information content (AvgIpc) is 4.11. The van der Waals surface area contributed by atoms with Gasteiger partial charge in [0.2, 0.25) is 0 Å². The van der Waals surface area contributed by atoms with Crippen LogP contribution in [0.3, 0.4) is 0 Å². The minimum absolute atomic E-state index is 0.363. The zero-order valence-corrected chi connectivity index (χ0v) is 34.9. The molecular formula is C57H34N4O2S. The van der Waals surface area contributed by atoms with E-state index in [4.69, 9.17) is 18.8 Å². The summed E-state index contributed by atoms with van der Waals surface area (Å²) in [5.41, 5.74) is 11.9. The number of amidine groups is 2. The van der Waals surface area contributed by atoms with Gasteiger partial charge in [0, 0.05) is 69.3 Å². The van der Waals surface area contributed by atoms with Crippen molar-refractivity contribution in [3.8, 4) is 16.8 Å². The van der Waals surface area contributed by atoms with Gasteiger partial charge in [0.05, 0.1) is 11.0 Å². The average molecular weight is 839 g/mol.